The minimum atomic E-state index is -0.402. The largest absolute Gasteiger partial charge is 0.341 e. The minimum absolute atomic E-state index is 0.296. The van der Waals surface area contributed by atoms with Gasteiger partial charge in [-0.05, 0) is 57.4 Å². The Bertz CT molecular complexity index is 884. The van der Waals surface area contributed by atoms with E-state index in [1.807, 2.05) is 42.5 Å². The fourth-order valence-corrected chi connectivity index (χ4v) is 3.20. The molecule has 0 aliphatic heterocycles. The molecule has 0 aliphatic carbocycles. The van der Waals surface area contributed by atoms with Crippen LogP contribution in [0.3, 0.4) is 0 Å². The van der Waals surface area contributed by atoms with E-state index < -0.39 is 5.82 Å². The molecular weight excluding hydrogens is 405 g/mol. The van der Waals surface area contributed by atoms with Crippen molar-refractivity contribution in [3.8, 4) is 0 Å². The van der Waals surface area contributed by atoms with E-state index in [0.717, 1.165) is 11.1 Å². The van der Waals surface area contributed by atoms with E-state index in [9.17, 15) is 9.18 Å². The van der Waals surface area contributed by atoms with Crippen LogP contribution < -0.4 is 5.32 Å². The highest BCUT2D eigenvalue weighted by atomic mass is 79.9. The number of halogens is 3. The summed E-state index contributed by atoms with van der Waals surface area (Å²) >= 11 is 9.21. The molecule has 0 bridgehead atoms. The summed E-state index contributed by atoms with van der Waals surface area (Å²) in [6, 6.07) is 20.6. The minimum Gasteiger partial charge on any atom is -0.341 e. The molecule has 0 spiro atoms. The Hall–Kier alpha value is -2.17. The number of hydrogen-bond acceptors (Lipinski definition) is 1. The van der Waals surface area contributed by atoms with E-state index in [1.54, 1.807) is 12.1 Å². The van der Waals surface area contributed by atoms with Gasteiger partial charge in [-0.3, -0.25) is 4.79 Å². The van der Waals surface area contributed by atoms with Crippen molar-refractivity contribution in [1.82, 2.24) is 5.32 Å². The molecule has 0 fully saturated rings. The second-order valence-corrected chi connectivity index (χ2v) is 6.78. The van der Waals surface area contributed by atoms with Crippen LogP contribution in [0.4, 0.5) is 4.39 Å². The zero-order valence-corrected chi connectivity index (χ0v) is 15.4. The number of benzene rings is 3. The molecule has 0 saturated carbocycles. The van der Waals surface area contributed by atoms with Gasteiger partial charge in [0.15, 0.2) is 0 Å². The maximum Gasteiger partial charge on any atom is 0.253 e. The molecule has 0 aliphatic rings. The molecule has 1 N–H and O–H groups in total. The van der Waals surface area contributed by atoms with Gasteiger partial charge < -0.3 is 5.32 Å². The molecule has 5 heteroatoms. The highest BCUT2D eigenvalue weighted by Crippen LogP contribution is 2.25. The Labute approximate surface area is 158 Å². The van der Waals surface area contributed by atoms with Crippen LogP contribution in [0, 0.1) is 5.82 Å². The van der Waals surface area contributed by atoms with Crippen LogP contribution >= 0.6 is 27.5 Å². The second kappa shape index (κ2) is 7.81. The van der Waals surface area contributed by atoms with Crippen molar-refractivity contribution in [2.75, 3.05) is 0 Å². The van der Waals surface area contributed by atoms with Gasteiger partial charge in [-0.2, -0.15) is 0 Å². The van der Waals surface area contributed by atoms with Crippen LogP contribution in [0.15, 0.2) is 77.3 Å². The molecule has 2 nitrogen and oxygen atoms in total. The number of amides is 1. The van der Waals surface area contributed by atoms with E-state index in [1.165, 1.54) is 18.2 Å². The number of carbonyl (C=O) groups excluding carboxylic acids is 1. The van der Waals surface area contributed by atoms with E-state index in [4.69, 9.17) is 11.6 Å². The Kier molecular flexibility index (Phi) is 5.51. The first kappa shape index (κ1) is 17.6. The van der Waals surface area contributed by atoms with Gasteiger partial charge in [0.25, 0.3) is 5.91 Å². The highest BCUT2D eigenvalue weighted by molar-refractivity contribution is 9.10. The summed E-state index contributed by atoms with van der Waals surface area (Å²) in [7, 11) is 0. The molecule has 0 saturated heterocycles. The van der Waals surface area contributed by atoms with Crippen molar-refractivity contribution in [2.45, 2.75) is 6.04 Å². The SMILES string of the molecule is O=C(NC(c1ccccc1)c1ccc(Cl)cc1)c1ccc(F)cc1Br. The Morgan fingerprint density at radius 2 is 1.60 bits per heavy atom. The van der Waals surface area contributed by atoms with E-state index in [0.29, 0.717) is 15.1 Å². The predicted molar refractivity (Wildman–Crippen MR) is 101 cm³/mol. The van der Waals surface area contributed by atoms with Gasteiger partial charge >= 0.3 is 0 Å². The molecule has 126 valence electrons. The lowest BCUT2D eigenvalue weighted by molar-refractivity contribution is 0.0942. The van der Waals surface area contributed by atoms with Gasteiger partial charge in [-0.15, -0.1) is 0 Å². The van der Waals surface area contributed by atoms with Crippen LogP contribution in [-0.4, -0.2) is 5.91 Å². The molecule has 3 aromatic carbocycles. The molecule has 25 heavy (non-hydrogen) atoms. The van der Waals surface area contributed by atoms with Crippen LogP contribution in [0.2, 0.25) is 5.02 Å². The zero-order chi connectivity index (χ0) is 17.8. The van der Waals surface area contributed by atoms with Crippen LogP contribution in [-0.2, 0) is 0 Å². The Morgan fingerprint density at radius 3 is 2.24 bits per heavy atom. The maximum absolute atomic E-state index is 13.3. The average Bonchev–Trinajstić information content (AvgIpc) is 2.61. The third-order valence-corrected chi connectivity index (χ3v) is 4.70. The third kappa shape index (κ3) is 4.27. The topological polar surface area (TPSA) is 29.1 Å². The third-order valence-electron chi connectivity index (χ3n) is 3.79. The molecule has 1 atom stereocenters. The predicted octanol–water partition coefficient (Wildman–Crippen LogP) is 5.76. The van der Waals surface area contributed by atoms with Crippen molar-refractivity contribution >= 4 is 33.4 Å². The van der Waals surface area contributed by atoms with Crippen molar-refractivity contribution in [3.63, 3.8) is 0 Å². The van der Waals surface area contributed by atoms with Gasteiger partial charge in [-0.1, -0.05) is 54.1 Å². The standard InChI is InChI=1S/C20H14BrClFNO/c21-18-12-16(23)10-11-17(18)20(25)24-19(13-4-2-1-3-5-13)14-6-8-15(22)9-7-14/h1-12,19H,(H,24,25). The summed E-state index contributed by atoms with van der Waals surface area (Å²) in [6.07, 6.45) is 0. The first-order valence-corrected chi connectivity index (χ1v) is 8.78. The molecule has 0 heterocycles. The van der Waals surface area contributed by atoms with Crippen LogP contribution in [0.5, 0.6) is 0 Å². The highest BCUT2D eigenvalue weighted by Gasteiger charge is 2.19. The molecule has 3 rings (SSSR count). The number of hydrogen-bond donors (Lipinski definition) is 1. The van der Waals surface area contributed by atoms with Crippen molar-refractivity contribution in [3.05, 3.63) is 105 Å². The first-order chi connectivity index (χ1) is 12.0. The lowest BCUT2D eigenvalue weighted by Crippen LogP contribution is -2.29. The fraction of sp³-hybridized carbons (Fsp3) is 0.0500. The van der Waals surface area contributed by atoms with Gasteiger partial charge in [0, 0.05) is 9.50 Å². The van der Waals surface area contributed by atoms with E-state index in [2.05, 4.69) is 21.2 Å². The average molecular weight is 419 g/mol. The summed E-state index contributed by atoms with van der Waals surface area (Å²) in [4.78, 5) is 12.7. The monoisotopic (exact) mass is 417 g/mol. The van der Waals surface area contributed by atoms with Gasteiger partial charge in [0.2, 0.25) is 0 Å². The summed E-state index contributed by atoms with van der Waals surface area (Å²) in [6.45, 7) is 0. The lowest BCUT2D eigenvalue weighted by atomic mass is 9.98. The van der Waals surface area contributed by atoms with Crippen molar-refractivity contribution in [1.29, 1.82) is 0 Å². The second-order valence-electron chi connectivity index (χ2n) is 5.49. The van der Waals surface area contributed by atoms with E-state index >= 15 is 0 Å². The number of nitrogens with one attached hydrogen (secondary N) is 1. The summed E-state index contributed by atoms with van der Waals surface area (Å²) in [5, 5.41) is 3.64. The fourth-order valence-electron chi connectivity index (χ4n) is 2.54. The number of carbonyl (C=O) groups is 1. The van der Waals surface area contributed by atoms with Gasteiger partial charge in [0.05, 0.1) is 11.6 Å². The Morgan fingerprint density at radius 1 is 0.960 bits per heavy atom. The lowest BCUT2D eigenvalue weighted by Gasteiger charge is -2.20. The summed E-state index contributed by atoms with van der Waals surface area (Å²) < 4.78 is 13.7. The van der Waals surface area contributed by atoms with Crippen molar-refractivity contribution < 1.29 is 9.18 Å². The first-order valence-electron chi connectivity index (χ1n) is 7.61. The molecule has 3 aromatic rings. The molecular formula is C20H14BrClFNO. The zero-order valence-electron chi connectivity index (χ0n) is 13.0. The van der Waals surface area contributed by atoms with Gasteiger partial charge in [-0.25, -0.2) is 4.39 Å². The maximum atomic E-state index is 13.3. The molecule has 0 aromatic heterocycles. The quantitative estimate of drug-likeness (QED) is 0.573. The summed E-state index contributed by atoms with van der Waals surface area (Å²) in [5.74, 6) is -0.698. The van der Waals surface area contributed by atoms with Crippen LogP contribution in [0.1, 0.15) is 27.5 Å². The summed E-state index contributed by atoms with van der Waals surface area (Å²) in [5.41, 5.74) is 2.22. The van der Waals surface area contributed by atoms with Crippen molar-refractivity contribution in [2.24, 2.45) is 0 Å². The molecule has 1 amide bonds. The smallest absolute Gasteiger partial charge is 0.253 e. The van der Waals surface area contributed by atoms with E-state index in [-0.39, 0.29) is 11.9 Å². The Balaban J connectivity index is 1.95. The van der Waals surface area contributed by atoms with Crippen LogP contribution in [0.25, 0.3) is 0 Å². The molecule has 0 radical (unpaired) electrons. The normalized spacial score (nSPS) is 11.8. The molecule has 1 unspecified atom stereocenters. The van der Waals surface area contributed by atoms with Gasteiger partial charge in [0.1, 0.15) is 5.82 Å². The number of rotatable bonds is 4.